The summed E-state index contributed by atoms with van der Waals surface area (Å²) in [5.41, 5.74) is 0.842. The minimum Gasteiger partial charge on any atom is -0.480 e. The summed E-state index contributed by atoms with van der Waals surface area (Å²) in [5.74, 6) is -0.390. The van der Waals surface area contributed by atoms with E-state index >= 15 is 0 Å². The lowest BCUT2D eigenvalue weighted by molar-refractivity contribution is -0.139. The Morgan fingerprint density at radius 1 is 1.47 bits per heavy atom. The Hall–Kier alpha value is -1.71. The second-order valence-electron chi connectivity index (χ2n) is 4.01. The van der Waals surface area contributed by atoms with Crippen molar-refractivity contribution in [2.75, 3.05) is 11.9 Å². The molecule has 4 heteroatoms. The van der Waals surface area contributed by atoms with Crippen LogP contribution in [0.1, 0.15) is 26.7 Å². The zero-order valence-electron chi connectivity index (χ0n) is 10.3. The second kappa shape index (κ2) is 6.78. The first-order valence-corrected chi connectivity index (χ1v) is 5.83. The van der Waals surface area contributed by atoms with E-state index in [4.69, 9.17) is 9.84 Å². The first-order chi connectivity index (χ1) is 8.13. The molecule has 1 aromatic carbocycles. The Balaban J connectivity index is 2.66. The zero-order valence-corrected chi connectivity index (χ0v) is 10.3. The molecule has 0 aliphatic carbocycles. The fourth-order valence-electron chi connectivity index (χ4n) is 1.62. The Bertz CT molecular complexity index is 365. The molecular weight excluding hydrogens is 218 g/mol. The van der Waals surface area contributed by atoms with E-state index in [1.54, 1.807) is 6.07 Å². The second-order valence-corrected chi connectivity index (χ2v) is 4.01. The SMILES string of the molecule is CCCC(C)Nc1ccccc1OCC(=O)O. The molecule has 0 heterocycles. The van der Waals surface area contributed by atoms with Gasteiger partial charge in [0.1, 0.15) is 5.75 Å². The van der Waals surface area contributed by atoms with Crippen molar-refractivity contribution >= 4 is 11.7 Å². The van der Waals surface area contributed by atoms with Crippen LogP contribution in [0.15, 0.2) is 24.3 Å². The van der Waals surface area contributed by atoms with Crippen LogP contribution in [0.5, 0.6) is 5.75 Å². The van der Waals surface area contributed by atoms with Gasteiger partial charge in [0.2, 0.25) is 0 Å². The maximum atomic E-state index is 10.5. The third-order valence-electron chi connectivity index (χ3n) is 2.36. The predicted molar refractivity (Wildman–Crippen MR) is 67.6 cm³/mol. The van der Waals surface area contributed by atoms with Crippen LogP contribution in [-0.4, -0.2) is 23.7 Å². The normalized spacial score (nSPS) is 11.9. The number of carbonyl (C=O) groups is 1. The van der Waals surface area contributed by atoms with Gasteiger partial charge in [-0.15, -0.1) is 0 Å². The number of anilines is 1. The quantitative estimate of drug-likeness (QED) is 0.765. The summed E-state index contributed by atoms with van der Waals surface area (Å²) < 4.78 is 5.22. The minimum absolute atomic E-state index is 0.319. The van der Waals surface area contributed by atoms with Crippen LogP contribution in [0.3, 0.4) is 0 Å². The molecule has 0 fully saturated rings. The number of rotatable bonds is 7. The topological polar surface area (TPSA) is 58.6 Å². The largest absolute Gasteiger partial charge is 0.480 e. The Morgan fingerprint density at radius 3 is 2.82 bits per heavy atom. The Labute approximate surface area is 102 Å². The van der Waals surface area contributed by atoms with E-state index in [0.717, 1.165) is 18.5 Å². The number of aliphatic carboxylic acids is 1. The molecule has 94 valence electrons. The smallest absolute Gasteiger partial charge is 0.341 e. The third-order valence-corrected chi connectivity index (χ3v) is 2.36. The molecule has 0 saturated heterocycles. The maximum Gasteiger partial charge on any atom is 0.341 e. The number of hydrogen-bond acceptors (Lipinski definition) is 3. The molecule has 0 aliphatic heterocycles. The molecule has 1 atom stereocenters. The third kappa shape index (κ3) is 4.76. The Kier molecular flexibility index (Phi) is 5.33. The molecule has 4 nitrogen and oxygen atoms in total. The van der Waals surface area contributed by atoms with Crippen LogP contribution in [0.2, 0.25) is 0 Å². The van der Waals surface area contributed by atoms with Crippen molar-refractivity contribution in [3.63, 3.8) is 0 Å². The van der Waals surface area contributed by atoms with Crippen LogP contribution in [0.25, 0.3) is 0 Å². The number of ether oxygens (including phenoxy) is 1. The van der Waals surface area contributed by atoms with Crippen LogP contribution >= 0.6 is 0 Å². The number of carboxylic acid groups (broad SMARTS) is 1. The van der Waals surface area contributed by atoms with Gasteiger partial charge in [-0.2, -0.15) is 0 Å². The van der Waals surface area contributed by atoms with Gasteiger partial charge < -0.3 is 15.2 Å². The number of hydrogen-bond donors (Lipinski definition) is 2. The van der Waals surface area contributed by atoms with Crippen molar-refractivity contribution in [2.45, 2.75) is 32.7 Å². The van der Waals surface area contributed by atoms with Crippen LogP contribution in [0, 0.1) is 0 Å². The van der Waals surface area contributed by atoms with Crippen molar-refractivity contribution in [3.8, 4) is 5.75 Å². The number of nitrogens with one attached hydrogen (secondary N) is 1. The summed E-state index contributed by atoms with van der Waals surface area (Å²) in [6.07, 6.45) is 2.17. The molecule has 0 aromatic heterocycles. The molecule has 0 amide bonds. The van der Waals surface area contributed by atoms with E-state index in [-0.39, 0.29) is 6.61 Å². The molecule has 1 aromatic rings. The van der Waals surface area contributed by atoms with E-state index in [2.05, 4.69) is 19.2 Å². The predicted octanol–water partition coefficient (Wildman–Crippen LogP) is 2.75. The summed E-state index contributed by atoms with van der Waals surface area (Å²) >= 11 is 0. The molecule has 1 unspecified atom stereocenters. The van der Waals surface area contributed by atoms with Crippen molar-refractivity contribution in [1.82, 2.24) is 0 Å². The summed E-state index contributed by atoms with van der Waals surface area (Å²) in [6.45, 7) is 3.91. The molecule has 0 saturated carbocycles. The lowest BCUT2D eigenvalue weighted by atomic mass is 10.2. The Morgan fingerprint density at radius 2 is 2.18 bits per heavy atom. The van der Waals surface area contributed by atoms with Crippen LogP contribution in [-0.2, 0) is 4.79 Å². The van der Waals surface area contributed by atoms with E-state index in [1.807, 2.05) is 18.2 Å². The standard InChI is InChI=1S/C13H19NO3/c1-3-6-10(2)14-11-7-4-5-8-12(11)17-9-13(15)16/h4-5,7-8,10,14H,3,6,9H2,1-2H3,(H,15,16). The van der Waals surface area contributed by atoms with Gasteiger partial charge in [-0.1, -0.05) is 25.5 Å². The molecule has 0 bridgehead atoms. The molecule has 0 spiro atoms. The maximum absolute atomic E-state index is 10.5. The fourth-order valence-corrected chi connectivity index (χ4v) is 1.62. The van der Waals surface area contributed by atoms with Gasteiger partial charge in [0.15, 0.2) is 6.61 Å². The van der Waals surface area contributed by atoms with E-state index in [0.29, 0.717) is 11.8 Å². The lowest BCUT2D eigenvalue weighted by Crippen LogP contribution is -2.16. The molecule has 1 rings (SSSR count). The fraction of sp³-hybridized carbons (Fsp3) is 0.462. The minimum atomic E-state index is -0.971. The van der Waals surface area contributed by atoms with E-state index < -0.39 is 5.97 Å². The highest BCUT2D eigenvalue weighted by Gasteiger charge is 2.07. The highest BCUT2D eigenvalue weighted by atomic mass is 16.5. The van der Waals surface area contributed by atoms with Gasteiger partial charge in [-0.3, -0.25) is 0 Å². The van der Waals surface area contributed by atoms with E-state index in [1.165, 1.54) is 0 Å². The van der Waals surface area contributed by atoms with E-state index in [9.17, 15) is 4.79 Å². The summed E-state index contributed by atoms with van der Waals surface area (Å²) in [5, 5.41) is 11.9. The average molecular weight is 237 g/mol. The monoisotopic (exact) mass is 237 g/mol. The van der Waals surface area contributed by atoms with Crippen LogP contribution < -0.4 is 10.1 Å². The lowest BCUT2D eigenvalue weighted by Gasteiger charge is -2.17. The highest BCUT2D eigenvalue weighted by Crippen LogP contribution is 2.24. The molecule has 0 radical (unpaired) electrons. The molecule has 17 heavy (non-hydrogen) atoms. The van der Waals surface area contributed by atoms with Crippen molar-refractivity contribution < 1.29 is 14.6 Å². The summed E-state index contributed by atoms with van der Waals surface area (Å²) in [6, 6.07) is 7.73. The van der Waals surface area contributed by atoms with Gasteiger partial charge >= 0.3 is 5.97 Å². The van der Waals surface area contributed by atoms with Crippen molar-refractivity contribution in [3.05, 3.63) is 24.3 Å². The molecule has 2 N–H and O–H groups in total. The molecule has 0 aliphatic rings. The first kappa shape index (κ1) is 13.4. The number of para-hydroxylation sites is 2. The van der Waals surface area contributed by atoms with Gasteiger partial charge in [0, 0.05) is 6.04 Å². The average Bonchev–Trinajstić information content (AvgIpc) is 2.28. The van der Waals surface area contributed by atoms with Gasteiger partial charge in [0.25, 0.3) is 0 Å². The summed E-state index contributed by atoms with van der Waals surface area (Å²) in [7, 11) is 0. The van der Waals surface area contributed by atoms with Crippen LogP contribution in [0.4, 0.5) is 5.69 Å². The first-order valence-electron chi connectivity index (χ1n) is 5.83. The van der Waals surface area contributed by atoms with Gasteiger partial charge in [0.05, 0.1) is 5.69 Å². The van der Waals surface area contributed by atoms with Crippen molar-refractivity contribution in [2.24, 2.45) is 0 Å². The number of carboxylic acids is 1. The zero-order chi connectivity index (χ0) is 12.7. The summed E-state index contributed by atoms with van der Waals surface area (Å²) in [4.78, 5) is 10.5. The van der Waals surface area contributed by atoms with Gasteiger partial charge in [-0.05, 0) is 25.5 Å². The highest BCUT2D eigenvalue weighted by molar-refractivity contribution is 5.69. The van der Waals surface area contributed by atoms with Gasteiger partial charge in [-0.25, -0.2) is 4.79 Å². The molecular formula is C13H19NO3. The number of benzene rings is 1. The van der Waals surface area contributed by atoms with Crippen molar-refractivity contribution in [1.29, 1.82) is 0 Å².